The number of nitrogens with zero attached hydrogens (tertiary/aromatic N) is 2. The third kappa shape index (κ3) is 7.18. The lowest BCUT2D eigenvalue weighted by Crippen LogP contribution is -2.36. The van der Waals surface area contributed by atoms with Gasteiger partial charge in [0.05, 0.1) is 23.2 Å². The zero-order valence-electron chi connectivity index (χ0n) is 20.0. The Hall–Kier alpha value is -3.12. The number of hydrogen-bond donors (Lipinski definition) is 0. The molecule has 1 aromatic heterocycles. The molecule has 0 atom stereocenters. The number of benzene rings is 2. The molecule has 1 heterocycles. The van der Waals surface area contributed by atoms with Crippen molar-refractivity contribution in [2.24, 2.45) is 0 Å². The summed E-state index contributed by atoms with van der Waals surface area (Å²) in [6.45, 7) is 7.65. The highest BCUT2D eigenvalue weighted by molar-refractivity contribution is 7.86. The molecule has 0 N–H and O–H groups in total. The van der Waals surface area contributed by atoms with E-state index < -0.39 is 21.2 Å². The average molecular weight is 515 g/mol. The van der Waals surface area contributed by atoms with Gasteiger partial charge in [0.2, 0.25) is 0 Å². The summed E-state index contributed by atoms with van der Waals surface area (Å²) in [5, 5.41) is 4.14. The van der Waals surface area contributed by atoms with E-state index in [0.717, 1.165) is 16.7 Å². The van der Waals surface area contributed by atoms with Crippen LogP contribution in [0, 0.1) is 18.8 Å². The van der Waals surface area contributed by atoms with Gasteiger partial charge in [-0.2, -0.15) is 13.5 Å². The molecule has 0 spiro atoms. The number of halogens is 1. The predicted molar refractivity (Wildman–Crippen MR) is 135 cm³/mol. The van der Waals surface area contributed by atoms with Crippen molar-refractivity contribution in [2.75, 3.05) is 6.61 Å². The molecule has 3 aromatic rings. The maximum absolute atomic E-state index is 12.4. The van der Waals surface area contributed by atoms with E-state index >= 15 is 0 Å². The first-order chi connectivity index (χ1) is 16.5. The Balaban J connectivity index is 1.52. The van der Waals surface area contributed by atoms with Crippen molar-refractivity contribution in [3.63, 3.8) is 0 Å². The summed E-state index contributed by atoms with van der Waals surface area (Å²) in [7, 11) is -3.79. The Morgan fingerprint density at radius 2 is 1.71 bits per heavy atom. The third-order valence-electron chi connectivity index (χ3n) is 4.88. The molecule has 0 fully saturated rings. The molecule has 0 saturated carbocycles. The van der Waals surface area contributed by atoms with Crippen LogP contribution in [0.1, 0.15) is 43.9 Å². The molecule has 0 radical (unpaired) electrons. The SMILES string of the molecule is Cc1ccc(S(=O)(=O)OCCC#Cc2ccc(COc3cnn(C(C)(C)C)c(=O)c3Cl)cc2)cc1. The van der Waals surface area contributed by atoms with Crippen molar-refractivity contribution in [2.45, 2.75) is 51.2 Å². The van der Waals surface area contributed by atoms with E-state index in [4.69, 9.17) is 20.5 Å². The van der Waals surface area contributed by atoms with E-state index in [1.54, 1.807) is 12.1 Å². The Morgan fingerprint density at radius 1 is 1.06 bits per heavy atom. The second-order valence-corrected chi connectivity index (χ2v) is 10.8. The number of ether oxygens (including phenoxy) is 1. The topological polar surface area (TPSA) is 87.5 Å². The van der Waals surface area contributed by atoms with Gasteiger partial charge in [-0.05, 0) is 57.5 Å². The van der Waals surface area contributed by atoms with Crippen molar-refractivity contribution in [3.8, 4) is 17.6 Å². The lowest BCUT2D eigenvalue weighted by molar-refractivity contribution is 0.292. The molecule has 0 aliphatic rings. The molecule has 0 aliphatic heterocycles. The van der Waals surface area contributed by atoms with Crippen LogP contribution in [-0.2, 0) is 26.4 Å². The van der Waals surface area contributed by atoms with Gasteiger partial charge in [0.15, 0.2) is 10.8 Å². The first kappa shape index (κ1) is 26.5. The van der Waals surface area contributed by atoms with Crippen LogP contribution in [0.2, 0.25) is 5.02 Å². The van der Waals surface area contributed by atoms with Gasteiger partial charge in [-0.25, -0.2) is 4.68 Å². The van der Waals surface area contributed by atoms with Crippen molar-refractivity contribution < 1.29 is 17.3 Å². The predicted octanol–water partition coefficient (Wildman–Crippen LogP) is 4.69. The minimum Gasteiger partial charge on any atom is -0.485 e. The normalized spacial score (nSPS) is 11.6. The van der Waals surface area contributed by atoms with Crippen LogP contribution in [0.25, 0.3) is 0 Å². The fraction of sp³-hybridized carbons (Fsp3) is 0.308. The van der Waals surface area contributed by atoms with Gasteiger partial charge < -0.3 is 4.74 Å². The Morgan fingerprint density at radius 3 is 2.34 bits per heavy atom. The quantitative estimate of drug-likeness (QED) is 0.258. The van der Waals surface area contributed by atoms with E-state index in [0.29, 0.717) is 0 Å². The van der Waals surface area contributed by atoms with Gasteiger partial charge in [-0.3, -0.25) is 8.98 Å². The van der Waals surface area contributed by atoms with E-state index in [1.165, 1.54) is 23.0 Å². The maximum atomic E-state index is 12.4. The molecule has 0 saturated heterocycles. The number of hydrogen-bond acceptors (Lipinski definition) is 6. The fourth-order valence-electron chi connectivity index (χ4n) is 2.98. The number of aromatic nitrogens is 2. The third-order valence-corrected chi connectivity index (χ3v) is 6.55. The molecular weight excluding hydrogens is 488 g/mol. The first-order valence-corrected chi connectivity index (χ1v) is 12.7. The molecule has 2 aromatic carbocycles. The molecule has 0 unspecified atom stereocenters. The molecule has 0 bridgehead atoms. The summed E-state index contributed by atoms with van der Waals surface area (Å²) in [6, 6.07) is 13.8. The molecular formula is C26H27ClN2O5S. The highest BCUT2D eigenvalue weighted by Gasteiger charge is 2.20. The summed E-state index contributed by atoms with van der Waals surface area (Å²) in [6.07, 6.45) is 1.71. The lowest BCUT2D eigenvalue weighted by Gasteiger charge is -2.21. The van der Waals surface area contributed by atoms with Crippen LogP contribution in [0.3, 0.4) is 0 Å². The standard InChI is InChI=1S/C26H27ClN2O5S/c1-19-8-14-22(15-9-19)35(31,32)34-16-6-5-7-20-10-12-21(13-11-20)18-33-23-17-28-29(26(2,3)4)25(30)24(23)27/h8-15,17H,6,16,18H2,1-4H3. The summed E-state index contributed by atoms with van der Waals surface area (Å²) in [4.78, 5) is 12.5. The van der Waals surface area contributed by atoms with Crippen molar-refractivity contribution >= 4 is 21.7 Å². The molecule has 9 heteroatoms. The Kier molecular flexibility index (Phi) is 8.39. The van der Waals surface area contributed by atoms with Crippen molar-refractivity contribution in [1.29, 1.82) is 0 Å². The van der Waals surface area contributed by atoms with Gasteiger partial charge in [0.1, 0.15) is 6.61 Å². The largest absolute Gasteiger partial charge is 0.485 e. The monoisotopic (exact) mass is 514 g/mol. The zero-order chi connectivity index (χ0) is 25.6. The van der Waals surface area contributed by atoms with Crippen molar-refractivity contribution in [3.05, 3.63) is 86.8 Å². The minimum absolute atomic E-state index is 0.0102. The molecule has 184 valence electrons. The van der Waals surface area contributed by atoms with Gasteiger partial charge in [-0.15, -0.1) is 0 Å². The fourth-order valence-corrected chi connectivity index (χ4v) is 4.07. The van der Waals surface area contributed by atoms with E-state index in [-0.39, 0.29) is 35.3 Å². The lowest BCUT2D eigenvalue weighted by atomic mass is 10.1. The molecule has 35 heavy (non-hydrogen) atoms. The number of aryl methyl sites for hydroxylation is 1. The van der Waals surface area contributed by atoms with Crippen LogP contribution in [0.15, 0.2) is 64.4 Å². The second-order valence-electron chi connectivity index (χ2n) is 8.84. The maximum Gasteiger partial charge on any atom is 0.297 e. The van der Waals surface area contributed by atoms with Gasteiger partial charge in [0, 0.05) is 12.0 Å². The van der Waals surface area contributed by atoms with Crippen LogP contribution >= 0.6 is 11.6 Å². The Labute approximate surface area is 210 Å². The van der Waals surface area contributed by atoms with Crippen LogP contribution in [0.4, 0.5) is 0 Å². The smallest absolute Gasteiger partial charge is 0.297 e. The molecule has 7 nitrogen and oxygen atoms in total. The summed E-state index contributed by atoms with van der Waals surface area (Å²) >= 11 is 6.18. The van der Waals surface area contributed by atoms with Crippen LogP contribution in [0.5, 0.6) is 5.75 Å². The highest BCUT2D eigenvalue weighted by Crippen LogP contribution is 2.22. The second kappa shape index (κ2) is 11.1. The zero-order valence-corrected chi connectivity index (χ0v) is 21.6. The van der Waals surface area contributed by atoms with Crippen molar-refractivity contribution in [1.82, 2.24) is 9.78 Å². The minimum atomic E-state index is -3.79. The van der Waals surface area contributed by atoms with E-state index in [2.05, 4.69) is 16.9 Å². The average Bonchev–Trinajstić information content (AvgIpc) is 2.80. The molecule has 0 amide bonds. The van der Waals surface area contributed by atoms with E-state index in [1.807, 2.05) is 52.0 Å². The van der Waals surface area contributed by atoms with Crippen LogP contribution < -0.4 is 10.3 Å². The van der Waals surface area contributed by atoms with Gasteiger partial charge in [0.25, 0.3) is 15.7 Å². The highest BCUT2D eigenvalue weighted by atomic mass is 35.5. The summed E-state index contributed by atoms with van der Waals surface area (Å²) in [5.41, 5.74) is 1.70. The first-order valence-electron chi connectivity index (χ1n) is 10.9. The van der Waals surface area contributed by atoms with Crippen LogP contribution in [-0.4, -0.2) is 24.8 Å². The van der Waals surface area contributed by atoms with Gasteiger partial charge in [-0.1, -0.05) is 53.3 Å². The number of rotatable bonds is 7. The molecule has 3 rings (SSSR count). The molecule has 0 aliphatic carbocycles. The summed E-state index contributed by atoms with van der Waals surface area (Å²) < 4.78 is 36.4. The Bertz CT molecular complexity index is 1400. The summed E-state index contributed by atoms with van der Waals surface area (Å²) in [5.74, 6) is 6.11. The van der Waals surface area contributed by atoms with Gasteiger partial charge >= 0.3 is 0 Å². The van der Waals surface area contributed by atoms with E-state index in [9.17, 15) is 13.2 Å².